The van der Waals surface area contributed by atoms with Crippen LogP contribution in [0.3, 0.4) is 0 Å². The number of sulfonamides is 1. The van der Waals surface area contributed by atoms with E-state index < -0.39 is 10.0 Å². The Bertz CT molecular complexity index is 412. The molecule has 0 amide bonds. The highest BCUT2D eigenvalue weighted by Gasteiger charge is 2.07. The largest absolute Gasteiger partial charge is 0.399 e. The van der Waals surface area contributed by atoms with Crippen LogP contribution in [-0.4, -0.2) is 8.42 Å². The van der Waals surface area contributed by atoms with Gasteiger partial charge in [0.25, 0.3) is 0 Å². The van der Waals surface area contributed by atoms with Crippen LogP contribution in [-0.2, 0) is 15.8 Å². The first kappa shape index (κ1) is 10.0. The predicted octanol–water partition coefficient (Wildman–Crippen LogP) is 0.366. The molecule has 5 heteroatoms. The zero-order chi connectivity index (χ0) is 10.1. The Morgan fingerprint density at radius 3 is 2.46 bits per heavy atom. The third-order valence-electron chi connectivity index (χ3n) is 1.72. The molecule has 0 aromatic heterocycles. The minimum Gasteiger partial charge on any atom is -0.399 e. The molecular formula is C8H12N2O2S. The molecule has 0 aliphatic rings. The molecule has 0 fully saturated rings. The summed E-state index contributed by atoms with van der Waals surface area (Å²) in [5.74, 6) is -0.140. The molecule has 0 saturated heterocycles. The van der Waals surface area contributed by atoms with Gasteiger partial charge >= 0.3 is 0 Å². The molecule has 0 bridgehead atoms. The van der Waals surface area contributed by atoms with E-state index in [2.05, 4.69) is 0 Å². The summed E-state index contributed by atoms with van der Waals surface area (Å²) in [6.07, 6.45) is 0. The number of hydrogen-bond acceptors (Lipinski definition) is 3. The topological polar surface area (TPSA) is 86.2 Å². The van der Waals surface area contributed by atoms with Gasteiger partial charge in [-0.2, -0.15) is 0 Å². The van der Waals surface area contributed by atoms with Crippen molar-refractivity contribution in [1.82, 2.24) is 0 Å². The first-order chi connectivity index (χ1) is 5.88. The molecule has 0 aliphatic heterocycles. The highest BCUT2D eigenvalue weighted by atomic mass is 32.2. The van der Waals surface area contributed by atoms with Gasteiger partial charge in [0.15, 0.2) is 0 Å². The molecule has 0 saturated carbocycles. The molecule has 1 aromatic rings. The van der Waals surface area contributed by atoms with Gasteiger partial charge in [0, 0.05) is 5.69 Å². The van der Waals surface area contributed by atoms with E-state index in [1.807, 2.05) is 0 Å². The summed E-state index contributed by atoms with van der Waals surface area (Å²) in [5, 5.41) is 4.92. The fraction of sp³-hybridized carbons (Fsp3) is 0.250. The van der Waals surface area contributed by atoms with E-state index in [0.717, 1.165) is 5.56 Å². The Hall–Kier alpha value is -1.07. The standard InChI is InChI=1S/C8H12N2O2S/c1-6-4-8(9)3-2-7(6)5-13(10,11)12/h2-4H,5,9H2,1H3,(H2,10,11,12). The van der Waals surface area contributed by atoms with Crippen LogP contribution in [0.4, 0.5) is 5.69 Å². The smallest absolute Gasteiger partial charge is 0.213 e. The van der Waals surface area contributed by atoms with E-state index in [1.165, 1.54) is 0 Å². The molecule has 0 atom stereocenters. The number of rotatable bonds is 2. The lowest BCUT2D eigenvalue weighted by molar-refractivity contribution is 0.597. The SMILES string of the molecule is Cc1cc(N)ccc1CS(N)(=O)=O. The highest BCUT2D eigenvalue weighted by molar-refractivity contribution is 7.88. The minimum atomic E-state index is -3.45. The van der Waals surface area contributed by atoms with Crippen molar-refractivity contribution < 1.29 is 8.42 Å². The van der Waals surface area contributed by atoms with Crippen molar-refractivity contribution in [3.63, 3.8) is 0 Å². The Labute approximate surface area is 77.6 Å². The normalized spacial score (nSPS) is 11.5. The number of anilines is 1. The summed E-state index contributed by atoms with van der Waals surface area (Å²) < 4.78 is 21.6. The maximum atomic E-state index is 10.8. The van der Waals surface area contributed by atoms with Gasteiger partial charge in [-0.3, -0.25) is 0 Å². The average Bonchev–Trinajstić information content (AvgIpc) is 1.93. The van der Waals surface area contributed by atoms with E-state index in [-0.39, 0.29) is 5.75 Å². The lowest BCUT2D eigenvalue weighted by atomic mass is 10.1. The van der Waals surface area contributed by atoms with Crippen LogP contribution in [0.1, 0.15) is 11.1 Å². The first-order valence-corrected chi connectivity index (χ1v) is 5.45. The molecule has 0 aliphatic carbocycles. The average molecular weight is 200 g/mol. The van der Waals surface area contributed by atoms with Crippen molar-refractivity contribution in [3.05, 3.63) is 29.3 Å². The van der Waals surface area contributed by atoms with Crippen LogP contribution in [0.5, 0.6) is 0 Å². The summed E-state index contributed by atoms with van der Waals surface area (Å²) in [5.41, 5.74) is 7.66. The number of nitrogen functional groups attached to an aromatic ring is 1. The molecule has 0 unspecified atom stereocenters. The molecule has 1 aromatic carbocycles. The van der Waals surface area contributed by atoms with E-state index in [9.17, 15) is 8.42 Å². The van der Waals surface area contributed by atoms with Gasteiger partial charge in [-0.15, -0.1) is 0 Å². The summed E-state index contributed by atoms with van der Waals surface area (Å²) >= 11 is 0. The quantitative estimate of drug-likeness (QED) is 0.676. The van der Waals surface area contributed by atoms with Crippen LogP contribution in [0.25, 0.3) is 0 Å². The van der Waals surface area contributed by atoms with Crippen molar-refractivity contribution in [2.75, 3.05) is 5.73 Å². The molecule has 0 heterocycles. The maximum Gasteiger partial charge on any atom is 0.213 e. The Morgan fingerprint density at radius 1 is 1.38 bits per heavy atom. The molecule has 0 spiro atoms. The van der Waals surface area contributed by atoms with Crippen LogP contribution < -0.4 is 10.9 Å². The van der Waals surface area contributed by atoms with Crippen molar-refractivity contribution in [2.24, 2.45) is 5.14 Å². The second-order valence-corrected chi connectivity index (χ2v) is 4.61. The van der Waals surface area contributed by atoms with E-state index >= 15 is 0 Å². The predicted molar refractivity (Wildman–Crippen MR) is 52.4 cm³/mol. The zero-order valence-electron chi connectivity index (χ0n) is 7.32. The van der Waals surface area contributed by atoms with Gasteiger partial charge in [0.2, 0.25) is 10.0 Å². The number of benzene rings is 1. The second-order valence-electron chi connectivity index (χ2n) is 2.99. The van der Waals surface area contributed by atoms with Gasteiger partial charge in [-0.05, 0) is 30.2 Å². The van der Waals surface area contributed by atoms with Crippen LogP contribution in [0, 0.1) is 6.92 Å². The minimum absolute atomic E-state index is 0.140. The molecular weight excluding hydrogens is 188 g/mol. The number of primary sulfonamides is 1. The highest BCUT2D eigenvalue weighted by Crippen LogP contribution is 2.13. The van der Waals surface area contributed by atoms with Crippen molar-refractivity contribution in [3.8, 4) is 0 Å². The number of aryl methyl sites for hydroxylation is 1. The third kappa shape index (κ3) is 3.04. The summed E-state index contributed by atoms with van der Waals surface area (Å²) in [4.78, 5) is 0. The first-order valence-electron chi connectivity index (χ1n) is 3.74. The Balaban J connectivity index is 3.04. The van der Waals surface area contributed by atoms with Gasteiger partial charge < -0.3 is 5.73 Å². The second kappa shape index (κ2) is 3.35. The number of hydrogen-bond donors (Lipinski definition) is 2. The lowest BCUT2D eigenvalue weighted by Crippen LogP contribution is -2.15. The summed E-state index contributed by atoms with van der Waals surface area (Å²) in [6, 6.07) is 5.06. The third-order valence-corrected chi connectivity index (χ3v) is 2.44. The number of nitrogens with two attached hydrogens (primary N) is 2. The van der Waals surface area contributed by atoms with Gasteiger partial charge in [-0.1, -0.05) is 6.07 Å². The monoisotopic (exact) mass is 200 g/mol. The fourth-order valence-electron chi connectivity index (χ4n) is 1.10. The van der Waals surface area contributed by atoms with E-state index in [4.69, 9.17) is 10.9 Å². The van der Waals surface area contributed by atoms with Crippen molar-refractivity contribution in [2.45, 2.75) is 12.7 Å². The van der Waals surface area contributed by atoms with Crippen LogP contribution >= 0.6 is 0 Å². The zero-order valence-corrected chi connectivity index (χ0v) is 8.14. The van der Waals surface area contributed by atoms with Gasteiger partial charge in [-0.25, -0.2) is 13.6 Å². The molecule has 4 nitrogen and oxygen atoms in total. The molecule has 1 rings (SSSR count). The van der Waals surface area contributed by atoms with Gasteiger partial charge in [0.1, 0.15) is 0 Å². The molecule has 0 radical (unpaired) electrons. The van der Waals surface area contributed by atoms with Gasteiger partial charge in [0.05, 0.1) is 5.75 Å². The van der Waals surface area contributed by atoms with E-state index in [1.54, 1.807) is 25.1 Å². The molecule has 72 valence electrons. The van der Waals surface area contributed by atoms with Crippen LogP contribution in [0.15, 0.2) is 18.2 Å². The maximum absolute atomic E-state index is 10.8. The van der Waals surface area contributed by atoms with E-state index in [0.29, 0.717) is 11.3 Å². The Morgan fingerprint density at radius 2 is 2.00 bits per heavy atom. The van der Waals surface area contributed by atoms with Crippen LogP contribution in [0.2, 0.25) is 0 Å². The fourth-order valence-corrected chi connectivity index (χ4v) is 1.86. The summed E-state index contributed by atoms with van der Waals surface area (Å²) in [7, 11) is -3.45. The van der Waals surface area contributed by atoms with Crippen molar-refractivity contribution in [1.29, 1.82) is 0 Å². The molecule has 4 N–H and O–H groups in total. The Kier molecular flexibility index (Phi) is 2.58. The summed E-state index contributed by atoms with van der Waals surface area (Å²) in [6.45, 7) is 1.80. The molecule has 13 heavy (non-hydrogen) atoms. The van der Waals surface area contributed by atoms with Crippen molar-refractivity contribution >= 4 is 15.7 Å². The lowest BCUT2D eigenvalue weighted by Gasteiger charge is -2.04.